The summed E-state index contributed by atoms with van der Waals surface area (Å²) in [6.45, 7) is 4.45. The summed E-state index contributed by atoms with van der Waals surface area (Å²) >= 11 is 0. The normalized spacial score (nSPS) is 10.1. The van der Waals surface area contributed by atoms with Crippen molar-refractivity contribution in [1.29, 1.82) is 0 Å². The molecule has 0 radical (unpaired) electrons. The highest BCUT2D eigenvalue weighted by Gasteiger charge is 2.21. The molecule has 0 aliphatic carbocycles. The van der Waals surface area contributed by atoms with Crippen molar-refractivity contribution >= 4 is 5.97 Å². The van der Waals surface area contributed by atoms with Gasteiger partial charge in [0, 0.05) is 11.6 Å². The Morgan fingerprint density at radius 1 is 1.19 bits per heavy atom. The Bertz CT molecular complexity index is 468. The van der Waals surface area contributed by atoms with Crippen LogP contribution in [0.3, 0.4) is 0 Å². The lowest BCUT2D eigenvalue weighted by atomic mass is 10.3. The van der Waals surface area contributed by atoms with Gasteiger partial charge in [0.05, 0.1) is 0 Å². The fourth-order valence-electron chi connectivity index (χ4n) is 0.812. The van der Waals surface area contributed by atoms with Crippen molar-refractivity contribution in [3.05, 3.63) is 41.5 Å². The van der Waals surface area contributed by atoms with Crippen molar-refractivity contribution in [3.8, 4) is 5.75 Å². The number of carbonyl (C=O) groups is 1. The zero-order valence-electron chi connectivity index (χ0n) is 8.11. The molecule has 0 aliphatic rings. The molecule has 0 aliphatic heterocycles. The van der Waals surface area contributed by atoms with Crippen molar-refractivity contribution in [1.82, 2.24) is 0 Å². The predicted molar refractivity (Wildman–Crippen MR) is 46.7 cm³/mol. The highest BCUT2D eigenvalue weighted by Crippen LogP contribution is 2.25. The van der Waals surface area contributed by atoms with Gasteiger partial charge in [-0.3, -0.25) is 0 Å². The van der Waals surface area contributed by atoms with E-state index in [1.807, 2.05) is 0 Å². The summed E-state index contributed by atoms with van der Waals surface area (Å²) in [5, 5.41) is 0. The number of ether oxygens (including phenoxy) is 1. The maximum absolute atomic E-state index is 13.0. The molecule has 86 valence electrons. The maximum Gasteiger partial charge on any atom is 0.338 e. The number of hydrogen-bond donors (Lipinski definition) is 0. The minimum absolute atomic E-state index is 0.0930. The van der Waals surface area contributed by atoms with Crippen LogP contribution in [0.2, 0.25) is 0 Å². The van der Waals surface area contributed by atoms with Crippen LogP contribution < -0.4 is 4.74 Å². The monoisotopic (exact) mass is 234 g/mol. The largest absolute Gasteiger partial charge is 0.420 e. The number of halogens is 4. The zero-order chi connectivity index (χ0) is 12.5. The molecule has 16 heavy (non-hydrogen) atoms. The van der Waals surface area contributed by atoms with Gasteiger partial charge in [0.25, 0.3) is 0 Å². The van der Waals surface area contributed by atoms with Gasteiger partial charge in [0.1, 0.15) is 0 Å². The molecule has 6 heteroatoms. The average Bonchev–Trinajstić information content (AvgIpc) is 2.22. The second-order valence-corrected chi connectivity index (χ2v) is 2.97. The van der Waals surface area contributed by atoms with E-state index in [9.17, 15) is 22.4 Å². The summed E-state index contributed by atoms with van der Waals surface area (Å²) in [7, 11) is 0. The molecule has 0 amide bonds. The molecular formula is C10H6F4O2. The van der Waals surface area contributed by atoms with Crippen molar-refractivity contribution < 1.29 is 27.1 Å². The van der Waals surface area contributed by atoms with E-state index in [1.54, 1.807) is 0 Å². The Labute approximate surface area is 88.1 Å². The van der Waals surface area contributed by atoms with Crippen molar-refractivity contribution in [2.45, 2.75) is 6.92 Å². The lowest BCUT2D eigenvalue weighted by molar-refractivity contribution is -0.130. The highest BCUT2D eigenvalue weighted by atomic mass is 19.2. The summed E-state index contributed by atoms with van der Waals surface area (Å²) < 4.78 is 55.1. The molecule has 0 unspecified atom stereocenters. The standard InChI is InChI=1S/C10H6F4O2/c1-4(2)10(15)16-6-3-5(11)7(12)9(14)8(6)13/h3H,1H2,2H3. The first-order chi connectivity index (χ1) is 7.34. The molecule has 0 atom stereocenters. The molecule has 2 nitrogen and oxygen atoms in total. The van der Waals surface area contributed by atoms with Gasteiger partial charge in [0.15, 0.2) is 17.4 Å². The molecule has 1 rings (SSSR count). The Morgan fingerprint density at radius 3 is 2.25 bits per heavy atom. The Hall–Kier alpha value is -1.85. The third kappa shape index (κ3) is 2.21. The van der Waals surface area contributed by atoms with E-state index in [-0.39, 0.29) is 11.6 Å². The van der Waals surface area contributed by atoms with E-state index in [0.717, 1.165) is 0 Å². The van der Waals surface area contributed by atoms with Crippen LogP contribution in [0, 0.1) is 23.3 Å². The van der Waals surface area contributed by atoms with Crippen LogP contribution in [0.5, 0.6) is 5.75 Å². The van der Waals surface area contributed by atoms with E-state index in [2.05, 4.69) is 11.3 Å². The van der Waals surface area contributed by atoms with Crippen molar-refractivity contribution in [2.24, 2.45) is 0 Å². The molecule has 0 spiro atoms. The molecule has 0 saturated carbocycles. The third-order valence-corrected chi connectivity index (χ3v) is 1.62. The number of rotatable bonds is 2. The first-order valence-electron chi connectivity index (χ1n) is 4.05. The van der Waals surface area contributed by atoms with Gasteiger partial charge >= 0.3 is 5.97 Å². The van der Waals surface area contributed by atoms with Gasteiger partial charge in [-0.25, -0.2) is 18.0 Å². The van der Waals surface area contributed by atoms with Gasteiger partial charge in [-0.05, 0) is 6.92 Å². The Balaban J connectivity index is 3.16. The molecule has 0 N–H and O–H groups in total. The minimum atomic E-state index is -2.04. The van der Waals surface area contributed by atoms with Gasteiger partial charge in [0.2, 0.25) is 11.6 Å². The first-order valence-corrected chi connectivity index (χ1v) is 4.05. The second kappa shape index (κ2) is 4.34. The van der Waals surface area contributed by atoms with Gasteiger partial charge in [-0.15, -0.1) is 0 Å². The highest BCUT2D eigenvalue weighted by molar-refractivity contribution is 5.88. The first kappa shape index (κ1) is 12.2. The lowest BCUT2D eigenvalue weighted by Crippen LogP contribution is -2.11. The lowest BCUT2D eigenvalue weighted by Gasteiger charge is -2.06. The molecular weight excluding hydrogens is 228 g/mol. The van der Waals surface area contributed by atoms with Gasteiger partial charge in [-0.1, -0.05) is 6.58 Å². The van der Waals surface area contributed by atoms with Crippen LogP contribution in [-0.2, 0) is 4.79 Å². The number of carbonyl (C=O) groups excluding carboxylic acids is 1. The van der Waals surface area contributed by atoms with E-state index in [0.29, 0.717) is 0 Å². The van der Waals surface area contributed by atoms with E-state index < -0.39 is 35.0 Å². The Morgan fingerprint density at radius 2 is 1.75 bits per heavy atom. The van der Waals surface area contributed by atoms with Gasteiger partial charge in [-0.2, -0.15) is 4.39 Å². The molecule has 0 bridgehead atoms. The van der Waals surface area contributed by atoms with Gasteiger partial charge < -0.3 is 4.74 Å². The van der Waals surface area contributed by atoms with Crippen LogP contribution in [0.25, 0.3) is 0 Å². The third-order valence-electron chi connectivity index (χ3n) is 1.62. The molecule has 0 fully saturated rings. The van der Waals surface area contributed by atoms with Crippen molar-refractivity contribution in [2.75, 3.05) is 0 Å². The average molecular weight is 234 g/mol. The van der Waals surface area contributed by atoms with E-state index >= 15 is 0 Å². The molecule has 1 aromatic rings. The summed E-state index contributed by atoms with van der Waals surface area (Å²) in [4.78, 5) is 10.9. The fraction of sp³-hybridized carbons (Fsp3) is 0.100. The van der Waals surface area contributed by atoms with Crippen LogP contribution >= 0.6 is 0 Å². The summed E-state index contributed by atoms with van der Waals surface area (Å²) in [5.74, 6) is -9.51. The SMILES string of the molecule is C=C(C)C(=O)Oc1cc(F)c(F)c(F)c1F. The van der Waals surface area contributed by atoms with Crippen LogP contribution in [0.4, 0.5) is 17.6 Å². The Kier molecular flexibility index (Phi) is 3.31. The maximum atomic E-state index is 13.0. The van der Waals surface area contributed by atoms with Crippen LogP contribution in [-0.4, -0.2) is 5.97 Å². The van der Waals surface area contributed by atoms with E-state index in [4.69, 9.17) is 0 Å². The van der Waals surface area contributed by atoms with E-state index in [1.165, 1.54) is 6.92 Å². The second-order valence-electron chi connectivity index (χ2n) is 2.97. The number of hydrogen-bond acceptors (Lipinski definition) is 2. The minimum Gasteiger partial charge on any atom is -0.420 e. The predicted octanol–water partition coefficient (Wildman–Crippen LogP) is 2.72. The van der Waals surface area contributed by atoms with Crippen molar-refractivity contribution in [3.63, 3.8) is 0 Å². The molecule has 0 heterocycles. The molecule has 0 saturated heterocycles. The quantitative estimate of drug-likeness (QED) is 0.196. The smallest absolute Gasteiger partial charge is 0.338 e. The number of esters is 1. The van der Waals surface area contributed by atoms with Crippen LogP contribution in [0.15, 0.2) is 18.2 Å². The molecule has 0 aromatic heterocycles. The summed E-state index contributed by atoms with van der Waals surface area (Å²) in [6.07, 6.45) is 0. The zero-order valence-corrected chi connectivity index (χ0v) is 8.11. The molecule has 1 aromatic carbocycles. The fourth-order valence-corrected chi connectivity index (χ4v) is 0.812. The number of benzene rings is 1. The van der Waals surface area contributed by atoms with Crippen LogP contribution in [0.1, 0.15) is 6.92 Å². The summed E-state index contributed by atoms with van der Waals surface area (Å²) in [6, 6.07) is 0.245. The topological polar surface area (TPSA) is 26.3 Å². The summed E-state index contributed by atoms with van der Waals surface area (Å²) in [5.41, 5.74) is -0.0930.